The number of fused-ring (bicyclic) bond motifs is 1. The Bertz CT molecular complexity index is 1170. The van der Waals surface area contributed by atoms with Crippen molar-refractivity contribution in [1.82, 2.24) is 14.8 Å². The van der Waals surface area contributed by atoms with Crippen molar-refractivity contribution in [3.05, 3.63) is 65.4 Å². The quantitative estimate of drug-likeness (QED) is 0.517. The van der Waals surface area contributed by atoms with E-state index in [9.17, 15) is 4.79 Å². The number of ether oxygens (including phenoxy) is 2. The van der Waals surface area contributed by atoms with Crippen molar-refractivity contribution in [2.75, 3.05) is 30.6 Å². The molecular weight excluding hydrogens is 426 g/mol. The van der Waals surface area contributed by atoms with E-state index < -0.39 is 6.04 Å². The number of anilines is 2. The zero-order valence-corrected chi connectivity index (χ0v) is 19.2. The van der Waals surface area contributed by atoms with Crippen LogP contribution in [0.4, 0.5) is 11.6 Å². The number of hydrogen-bond acceptors (Lipinski definition) is 7. The minimum atomic E-state index is -0.517. The highest BCUT2D eigenvalue weighted by Crippen LogP contribution is 2.40. The number of carbonyl (C=O) groups excluding carboxylic acids is 1. The van der Waals surface area contributed by atoms with Gasteiger partial charge in [-0.1, -0.05) is 42.1 Å². The van der Waals surface area contributed by atoms with E-state index in [2.05, 4.69) is 20.7 Å². The Morgan fingerprint density at radius 1 is 1.19 bits per heavy atom. The van der Waals surface area contributed by atoms with Gasteiger partial charge in [0.15, 0.2) is 0 Å². The van der Waals surface area contributed by atoms with Crippen molar-refractivity contribution in [3.8, 4) is 11.5 Å². The Kier molecular flexibility index (Phi) is 6.36. The zero-order chi connectivity index (χ0) is 22.7. The predicted molar refractivity (Wildman–Crippen MR) is 125 cm³/mol. The average molecular weight is 452 g/mol. The van der Waals surface area contributed by atoms with Crippen LogP contribution < -0.4 is 20.1 Å². The number of rotatable bonds is 7. The van der Waals surface area contributed by atoms with Crippen molar-refractivity contribution in [2.45, 2.75) is 25.0 Å². The highest BCUT2D eigenvalue weighted by Gasteiger charge is 2.36. The maximum atomic E-state index is 13.6. The molecule has 1 amide bonds. The van der Waals surface area contributed by atoms with Crippen LogP contribution in [-0.4, -0.2) is 40.6 Å². The molecular formula is C23H25N5O3S. The van der Waals surface area contributed by atoms with Gasteiger partial charge in [-0.05, 0) is 38.3 Å². The molecule has 2 heterocycles. The smallest absolute Gasteiger partial charge is 0.255 e. The Morgan fingerprint density at radius 3 is 2.62 bits per heavy atom. The van der Waals surface area contributed by atoms with Crippen LogP contribution in [0.5, 0.6) is 11.5 Å². The maximum absolute atomic E-state index is 13.6. The summed E-state index contributed by atoms with van der Waals surface area (Å²) in [7, 11) is 1.57. The second kappa shape index (κ2) is 9.35. The lowest BCUT2D eigenvalue weighted by Crippen LogP contribution is -2.31. The number of amides is 1. The highest BCUT2D eigenvalue weighted by molar-refractivity contribution is 7.98. The third-order valence-corrected chi connectivity index (χ3v) is 5.67. The van der Waals surface area contributed by atoms with Gasteiger partial charge in [0.2, 0.25) is 11.1 Å². The van der Waals surface area contributed by atoms with Crippen LogP contribution in [-0.2, 0) is 4.79 Å². The van der Waals surface area contributed by atoms with Crippen LogP contribution in [0.25, 0.3) is 0 Å². The molecule has 1 aromatic heterocycles. The number of allylic oxidation sites excluding steroid dienone is 1. The van der Waals surface area contributed by atoms with Gasteiger partial charge in [-0.25, -0.2) is 4.68 Å². The summed E-state index contributed by atoms with van der Waals surface area (Å²) in [6, 6.07) is 14.5. The maximum Gasteiger partial charge on any atom is 0.255 e. The normalized spacial score (nSPS) is 15.1. The summed E-state index contributed by atoms with van der Waals surface area (Å²) in [6.45, 7) is 4.31. The molecule has 32 heavy (non-hydrogen) atoms. The lowest BCUT2D eigenvalue weighted by atomic mass is 9.94. The number of nitrogens with one attached hydrogen (secondary N) is 2. The van der Waals surface area contributed by atoms with E-state index in [1.165, 1.54) is 11.8 Å². The van der Waals surface area contributed by atoms with Gasteiger partial charge in [0.25, 0.3) is 5.91 Å². The molecule has 2 N–H and O–H groups in total. The number of hydrogen-bond donors (Lipinski definition) is 2. The van der Waals surface area contributed by atoms with Crippen LogP contribution in [0, 0.1) is 0 Å². The fourth-order valence-electron chi connectivity index (χ4n) is 3.73. The van der Waals surface area contributed by atoms with E-state index in [4.69, 9.17) is 9.47 Å². The summed E-state index contributed by atoms with van der Waals surface area (Å²) in [5, 5.41) is 11.5. The molecule has 3 aromatic rings. The van der Waals surface area contributed by atoms with Gasteiger partial charge < -0.3 is 20.1 Å². The average Bonchev–Trinajstić information content (AvgIpc) is 3.22. The van der Waals surface area contributed by atoms with Crippen molar-refractivity contribution in [3.63, 3.8) is 0 Å². The monoisotopic (exact) mass is 451 g/mol. The molecule has 0 unspecified atom stereocenters. The molecule has 0 saturated heterocycles. The van der Waals surface area contributed by atoms with Crippen LogP contribution in [0.3, 0.4) is 0 Å². The van der Waals surface area contributed by atoms with Crippen molar-refractivity contribution < 1.29 is 14.3 Å². The molecule has 1 atom stereocenters. The molecule has 0 aliphatic carbocycles. The highest BCUT2D eigenvalue weighted by atomic mass is 32.2. The van der Waals surface area contributed by atoms with Crippen LogP contribution in [0.1, 0.15) is 25.5 Å². The molecule has 166 valence electrons. The van der Waals surface area contributed by atoms with E-state index in [0.717, 1.165) is 5.56 Å². The van der Waals surface area contributed by atoms with Crippen LogP contribution in [0.15, 0.2) is 65.0 Å². The summed E-state index contributed by atoms with van der Waals surface area (Å²) in [5.41, 5.74) is 2.64. The van der Waals surface area contributed by atoms with Gasteiger partial charge in [-0.15, -0.1) is 5.10 Å². The number of aromatic nitrogens is 3. The SMILES string of the molecule is CCOc1ccccc1[C@@H]1C(C(=O)Nc2ccccc2OC)=C(C)Nc2nc(SC)nn21. The molecule has 0 saturated carbocycles. The van der Waals surface area contributed by atoms with Gasteiger partial charge >= 0.3 is 0 Å². The number of methoxy groups -OCH3 is 1. The molecule has 9 heteroatoms. The van der Waals surface area contributed by atoms with Crippen LogP contribution in [0.2, 0.25) is 0 Å². The third-order valence-electron chi connectivity index (χ3n) is 5.13. The fraction of sp³-hybridized carbons (Fsp3) is 0.261. The number of carbonyl (C=O) groups is 1. The van der Waals surface area contributed by atoms with E-state index in [1.807, 2.05) is 56.5 Å². The van der Waals surface area contributed by atoms with Crippen LogP contribution >= 0.6 is 11.8 Å². The Morgan fingerprint density at radius 2 is 1.91 bits per heavy atom. The molecule has 8 nitrogen and oxygen atoms in total. The Balaban J connectivity index is 1.83. The molecule has 0 fully saturated rings. The number of para-hydroxylation sites is 3. The summed E-state index contributed by atoms with van der Waals surface area (Å²) >= 11 is 1.44. The number of nitrogens with zero attached hydrogens (tertiary/aromatic N) is 3. The van der Waals surface area contributed by atoms with Gasteiger partial charge in [0.05, 0.1) is 25.0 Å². The first-order valence-electron chi connectivity index (χ1n) is 10.2. The van der Waals surface area contributed by atoms with Gasteiger partial charge in [-0.3, -0.25) is 4.79 Å². The molecule has 0 bridgehead atoms. The zero-order valence-electron chi connectivity index (χ0n) is 18.4. The summed E-state index contributed by atoms with van der Waals surface area (Å²) < 4.78 is 13.0. The minimum Gasteiger partial charge on any atom is -0.495 e. The third kappa shape index (κ3) is 4.03. The summed E-state index contributed by atoms with van der Waals surface area (Å²) in [6.07, 6.45) is 1.92. The van der Waals surface area contributed by atoms with Crippen molar-refractivity contribution >= 4 is 29.3 Å². The van der Waals surface area contributed by atoms with Gasteiger partial charge in [-0.2, -0.15) is 4.98 Å². The van der Waals surface area contributed by atoms with Gasteiger partial charge in [0.1, 0.15) is 17.5 Å². The van der Waals surface area contributed by atoms with E-state index in [1.54, 1.807) is 23.9 Å². The molecule has 4 rings (SSSR count). The topological polar surface area (TPSA) is 90.3 Å². The number of benzene rings is 2. The van der Waals surface area contributed by atoms with Crippen molar-refractivity contribution in [1.29, 1.82) is 0 Å². The van der Waals surface area contributed by atoms with Crippen molar-refractivity contribution in [2.24, 2.45) is 0 Å². The predicted octanol–water partition coefficient (Wildman–Crippen LogP) is 4.33. The van der Waals surface area contributed by atoms with E-state index >= 15 is 0 Å². The second-order valence-corrected chi connectivity index (χ2v) is 7.83. The first-order valence-corrected chi connectivity index (χ1v) is 11.4. The molecule has 2 aromatic carbocycles. The summed E-state index contributed by atoms with van der Waals surface area (Å²) in [5.74, 6) is 1.60. The lowest BCUT2D eigenvalue weighted by Gasteiger charge is -2.29. The summed E-state index contributed by atoms with van der Waals surface area (Å²) in [4.78, 5) is 18.2. The standard InChI is InChI=1S/C23H25N5O3S/c1-5-31-17-12-8-6-10-15(17)20-19(14(2)24-22-26-23(32-4)27-28(20)22)21(29)25-16-11-7-9-13-18(16)30-3/h6-13,20H,5H2,1-4H3,(H,25,29)(H,24,26,27)/t20-/m1/s1. The largest absolute Gasteiger partial charge is 0.495 e. The second-order valence-electron chi connectivity index (χ2n) is 7.06. The molecule has 1 aliphatic rings. The fourth-order valence-corrected chi connectivity index (χ4v) is 4.08. The minimum absolute atomic E-state index is 0.261. The Labute approximate surface area is 191 Å². The molecule has 0 spiro atoms. The van der Waals surface area contributed by atoms with E-state index in [0.29, 0.717) is 46.2 Å². The molecule has 1 aliphatic heterocycles. The first kappa shape index (κ1) is 21.8. The molecule has 0 radical (unpaired) electrons. The Hall–Kier alpha value is -3.46. The first-order chi connectivity index (χ1) is 15.6. The lowest BCUT2D eigenvalue weighted by molar-refractivity contribution is -0.113. The van der Waals surface area contributed by atoms with E-state index in [-0.39, 0.29) is 5.91 Å². The van der Waals surface area contributed by atoms with Gasteiger partial charge in [0, 0.05) is 11.3 Å². The number of thioether (sulfide) groups is 1.